The molecule has 0 saturated heterocycles. The number of aryl methyl sites for hydroxylation is 2. The lowest BCUT2D eigenvalue weighted by Gasteiger charge is -2.03. The molecule has 20 heavy (non-hydrogen) atoms. The fourth-order valence-corrected chi connectivity index (χ4v) is 1.59. The van der Waals surface area contributed by atoms with Crippen molar-refractivity contribution in [1.82, 2.24) is 10.2 Å². The summed E-state index contributed by atoms with van der Waals surface area (Å²) in [5, 5.41) is 18.0. The Bertz CT molecular complexity index is 665. The molecule has 0 unspecified atom stereocenters. The number of carbonyl (C=O) groups excluding carboxylic acids is 1. The van der Waals surface area contributed by atoms with Crippen LogP contribution in [0.3, 0.4) is 0 Å². The summed E-state index contributed by atoms with van der Waals surface area (Å²) in [6, 6.07) is 4.01. The van der Waals surface area contributed by atoms with E-state index in [1.165, 1.54) is 18.2 Å². The molecule has 1 heterocycles. The van der Waals surface area contributed by atoms with Gasteiger partial charge >= 0.3 is 5.97 Å². The first-order valence-electron chi connectivity index (χ1n) is 5.68. The van der Waals surface area contributed by atoms with Gasteiger partial charge in [0.1, 0.15) is 0 Å². The van der Waals surface area contributed by atoms with E-state index >= 15 is 0 Å². The maximum Gasteiger partial charge on any atom is 0.338 e. The molecular weight excluding hydrogens is 266 g/mol. The molecule has 0 atom stereocenters. The molecule has 0 radical (unpaired) electrons. The minimum atomic E-state index is -0.612. The van der Waals surface area contributed by atoms with Crippen LogP contribution in [-0.4, -0.2) is 21.1 Å². The zero-order valence-electron chi connectivity index (χ0n) is 10.8. The van der Waals surface area contributed by atoms with Crippen LogP contribution in [0.4, 0.5) is 5.69 Å². The minimum absolute atomic E-state index is 0.0472. The summed E-state index contributed by atoms with van der Waals surface area (Å²) in [5.74, 6) is -0.0458. The van der Waals surface area contributed by atoms with Crippen LogP contribution in [0.5, 0.6) is 0 Å². The van der Waals surface area contributed by atoms with Crippen molar-refractivity contribution in [3.63, 3.8) is 0 Å². The number of benzene rings is 1. The number of aromatic nitrogens is 2. The van der Waals surface area contributed by atoms with Crippen LogP contribution < -0.4 is 0 Å². The van der Waals surface area contributed by atoms with E-state index in [4.69, 9.17) is 9.15 Å². The van der Waals surface area contributed by atoms with Gasteiger partial charge in [-0.3, -0.25) is 10.1 Å². The summed E-state index contributed by atoms with van der Waals surface area (Å²) in [6.07, 6.45) is 0. The summed E-state index contributed by atoms with van der Waals surface area (Å²) in [4.78, 5) is 21.9. The van der Waals surface area contributed by atoms with Crippen molar-refractivity contribution in [1.29, 1.82) is 0 Å². The smallest absolute Gasteiger partial charge is 0.338 e. The highest BCUT2D eigenvalue weighted by molar-refractivity contribution is 5.90. The maximum absolute atomic E-state index is 11.8. The predicted octanol–water partition coefficient (Wildman–Crippen LogP) is 1.95. The van der Waals surface area contributed by atoms with E-state index < -0.39 is 10.9 Å². The van der Waals surface area contributed by atoms with Crippen LogP contribution in [0, 0.1) is 24.0 Å². The van der Waals surface area contributed by atoms with Gasteiger partial charge in [0.25, 0.3) is 11.6 Å². The van der Waals surface area contributed by atoms with Crippen LogP contribution in [0.1, 0.15) is 27.7 Å². The first kappa shape index (κ1) is 13.7. The third-order valence-corrected chi connectivity index (χ3v) is 2.52. The molecule has 0 N–H and O–H groups in total. The quantitative estimate of drug-likeness (QED) is 0.477. The number of hydrogen-bond acceptors (Lipinski definition) is 7. The van der Waals surface area contributed by atoms with Crippen molar-refractivity contribution in [2.24, 2.45) is 0 Å². The van der Waals surface area contributed by atoms with Gasteiger partial charge in [-0.05, 0) is 19.1 Å². The number of esters is 1. The second-order valence-electron chi connectivity index (χ2n) is 4.05. The highest BCUT2D eigenvalue weighted by Gasteiger charge is 2.15. The Morgan fingerprint density at radius 2 is 2.15 bits per heavy atom. The van der Waals surface area contributed by atoms with Crippen LogP contribution in [0.15, 0.2) is 22.6 Å². The van der Waals surface area contributed by atoms with Crippen LogP contribution in [-0.2, 0) is 11.3 Å². The third kappa shape index (κ3) is 2.97. The first-order valence-corrected chi connectivity index (χ1v) is 5.68. The summed E-state index contributed by atoms with van der Waals surface area (Å²) >= 11 is 0. The number of hydrogen-bond donors (Lipinski definition) is 0. The highest BCUT2D eigenvalue weighted by Crippen LogP contribution is 2.19. The standard InChI is InChI=1S/C12H11N3O5/c1-7-5-9(3-4-10(7)15(17)18)12(16)19-6-11-14-13-8(2)20-11/h3-5H,6H2,1-2H3. The zero-order chi connectivity index (χ0) is 14.7. The molecule has 0 fully saturated rings. The topological polar surface area (TPSA) is 108 Å². The molecule has 2 rings (SSSR count). The van der Waals surface area contributed by atoms with E-state index in [9.17, 15) is 14.9 Å². The van der Waals surface area contributed by atoms with Crippen LogP contribution in [0.2, 0.25) is 0 Å². The van der Waals surface area contributed by atoms with Gasteiger partial charge in [0.2, 0.25) is 5.89 Å². The monoisotopic (exact) mass is 277 g/mol. The van der Waals surface area contributed by atoms with Gasteiger partial charge in [0.15, 0.2) is 6.61 Å². The number of nitrogens with zero attached hydrogens (tertiary/aromatic N) is 3. The molecule has 0 saturated carbocycles. The van der Waals surface area contributed by atoms with E-state index in [2.05, 4.69) is 10.2 Å². The van der Waals surface area contributed by atoms with Gasteiger partial charge < -0.3 is 9.15 Å². The molecule has 1 aromatic carbocycles. The molecule has 8 nitrogen and oxygen atoms in total. The SMILES string of the molecule is Cc1nnc(COC(=O)c2ccc([N+](=O)[O-])c(C)c2)o1. The second kappa shape index (κ2) is 5.47. The first-order chi connectivity index (χ1) is 9.47. The summed E-state index contributed by atoms with van der Waals surface area (Å²) in [6.45, 7) is 3.03. The lowest BCUT2D eigenvalue weighted by atomic mass is 10.1. The van der Waals surface area contributed by atoms with E-state index in [1.54, 1.807) is 13.8 Å². The largest absolute Gasteiger partial charge is 0.452 e. The average molecular weight is 277 g/mol. The fourth-order valence-electron chi connectivity index (χ4n) is 1.59. The number of nitro groups is 1. The van der Waals surface area contributed by atoms with Gasteiger partial charge in [0.05, 0.1) is 10.5 Å². The number of rotatable bonds is 4. The van der Waals surface area contributed by atoms with E-state index in [-0.39, 0.29) is 23.7 Å². The molecule has 0 spiro atoms. The highest BCUT2D eigenvalue weighted by atomic mass is 16.6. The minimum Gasteiger partial charge on any atom is -0.452 e. The fraction of sp³-hybridized carbons (Fsp3) is 0.250. The number of ether oxygens (including phenoxy) is 1. The third-order valence-electron chi connectivity index (χ3n) is 2.52. The van der Waals surface area contributed by atoms with Crippen molar-refractivity contribution < 1.29 is 18.9 Å². The van der Waals surface area contributed by atoms with Gasteiger partial charge in [0, 0.05) is 18.6 Å². The van der Waals surface area contributed by atoms with Gasteiger partial charge in [-0.25, -0.2) is 4.79 Å². The summed E-state index contributed by atoms with van der Waals surface area (Å²) in [5.41, 5.74) is 0.566. The Balaban J connectivity index is 2.06. The van der Waals surface area contributed by atoms with Crippen molar-refractivity contribution in [3.05, 3.63) is 51.2 Å². The Morgan fingerprint density at radius 3 is 2.70 bits per heavy atom. The number of carbonyl (C=O) groups is 1. The van der Waals surface area contributed by atoms with Crippen LogP contribution in [0.25, 0.3) is 0 Å². The molecule has 0 amide bonds. The average Bonchev–Trinajstić information content (AvgIpc) is 2.81. The lowest BCUT2D eigenvalue weighted by Crippen LogP contribution is -2.06. The Kier molecular flexibility index (Phi) is 3.74. The Morgan fingerprint density at radius 1 is 1.40 bits per heavy atom. The molecule has 0 aliphatic rings. The second-order valence-corrected chi connectivity index (χ2v) is 4.05. The summed E-state index contributed by atoms with van der Waals surface area (Å²) in [7, 11) is 0. The maximum atomic E-state index is 11.8. The number of nitro benzene ring substituents is 1. The molecular formula is C12H11N3O5. The molecule has 0 aliphatic carbocycles. The zero-order valence-corrected chi connectivity index (χ0v) is 10.8. The van der Waals surface area contributed by atoms with Crippen molar-refractivity contribution in [2.45, 2.75) is 20.5 Å². The van der Waals surface area contributed by atoms with E-state index in [0.717, 1.165) is 0 Å². The molecule has 104 valence electrons. The molecule has 2 aromatic rings. The summed E-state index contributed by atoms with van der Waals surface area (Å²) < 4.78 is 10.0. The van der Waals surface area contributed by atoms with Crippen LogP contribution >= 0.6 is 0 Å². The normalized spacial score (nSPS) is 10.3. The predicted molar refractivity (Wildman–Crippen MR) is 66.0 cm³/mol. The Hall–Kier alpha value is -2.77. The van der Waals surface area contributed by atoms with E-state index in [1.807, 2.05) is 0 Å². The molecule has 1 aromatic heterocycles. The van der Waals surface area contributed by atoms with Crippen molar-refractivity contribution >= 4 is 11.7 Å². The van der Waals surface area contributed by atoms with Gasteiger partial charge in [-0.15, -0.1) is 10.2 Å². The molecule has 0 aliphatic heterocycles. The van der Waals surface area contributed by atoms with Crippen molar-refractivity contribution in [3.8, 4) is 0 Å². The lowest BCUT2D eigenvalue weighted by molar-refractivity contribution is -0.385. The van der Waals surface area contributed by atoms with Gasteiger partial charge in [-0.1, -0.05) is 0 Å². The van der Waals surface area contributed by atoms with Gasteiger partial charge in [-0.2, -0.15) is 0 Å². The molecule has 8 heteroatoms. The Labute approximate surface area is 113 Å². The molecule has 0 bridgehead atoms. The van der Waals surface area contributed by atoms with Crippen molar-refractivity contribution in [2.75, 3.05) is 0 Å². The van der Waals surface area contributed by atoms with E-state index in [0.29, 0.717) is 11.5 Å².